The Labute approximate surface area is 185 Å². The zero-order valence-electron chi connectivity index (χ0n) is 19.5. The molecular weight excluding hydrogens is 390 g/mol. The van der Waals surface area contributed by atoms with Crippen LogP contribution in [0.2, 0.25) is 0 Å². The molecule has 0 bridgehead atoms. The lowest BCUT2D eigenvalue weighted by atomic mass is 9.62. The minimum atomic E-state index is -0.214. The minimum absolute atomic E-state index is 0.175. The van der Waals surface area contributed by atoms with Gasteiger partial charge < -0.3 is 19.2 Å². The summed E-state index contributed by atoms with van der Waals surface area (Å²) in [6, 6.07) is 8.41. The van der Waals surface area contributed by atoms with Gasteiger partial charge in [0, 0.05) is 19.4 Å². The van der Waals surface area contributed by atoms with Crippen molar-refractivity contribution in [2.45, 2.75) is 77.4 Å². The summed E-state index contributed by atoms with van der Waals surface area (Å²) in [5, 5.41) is 2.88. The number of hydrogen-bond acceptors (Lipinski definition) is 4. The van der Waals surface area contributed by atoms with Crippen LogP contribution in [0.15, 0.2) is 28.7 Å². The number of ether oxygens (including phenoxy) is 2. The normalized spacial score (nSPS) is 19.9. The quantitative estimate of drug-likeness (QED) is 0.706. The molecule has 1 aliphatic heterocycles. The molecule has 2 heterocycles. The van der Waals surface area contributed by atoms with Crippen molar-refractivity contribution in [3.63, 3.8) is 0 Å². The first kappa shape index (κ1) is 22.1. The van der Waals surface area contributed by atoms with E-state index in [0.29, 0.717) is 38.4 Å². The van der Waals surface area contributed by atoms with E-state index in [4.69, 9.17) is 13.9 Å². The van der Waals surface area contributed by atoms with Crippen molar-refractivity contribution < 1.29 is 18.7 Å². The third-order valence-electron chi connectivity index (χ3n) is 6.92. The Morgan fingerprint density at radius 3 is 2.35 bits per heavy atom. The fourth-order valence-corrected chi connectivity index (χ4v) is 4.70. The molecule has 0 saturated carbocycles. The van der Waals surface area contributed by atoms with Crippen LogP contribution in [-0.4, -0.2) is 32.0 Å². The molecule has 168 valence electrons. The van der Waals surface area contributed by atoms with E-state index in [1.165, 1.54) is 35.1 Å². The van der Waals surface area contributed by atoms with Gasteiger partial charge in [-0.1, -0.05) is 39.8 Å². The molecule has 2 aliphatic rings. The van der Waals surface area contributed by atoms with Gasteiger partial charge in [0.2, 0.25) is 0 Å². The number of carbonyl (C=O) groups is 1. The maximum Gasteiger partial charge on any atom is 0.286 e. The van der Waals surface area contributed by atoms with E-state index in [0.717, 1.165) is 5.76 Å². The largest absolute Gasteiger partial charge is 0.456 e. The number of furan rings is 1. The molecule has 1 aliphatic carbocycles. The van der Waals surface area contributed by atoms with E-state index in [1.807, 2.05) is 6.07 Å². The molecule has 5 nitrogen and oxygen atoms in total. The first-order chi connectivity index (χ1) is 14.7. The molecule has 0 atom stereocenters. The van der Waals surface area contributed by atoms with Crippen LogP contribution in [0.3, 0.4) is 0 Å². The number of benzene rings is 1. The Bertz CT molecular complexity index is 950. The number of rotatable bonds is 6. The van der Waals surface area contributed by atoms with Crippen LogP contribution in [0.5, 0.6) is 0 Å². The zero-order valence-corrected chi connectivity index (χ0v) is 19.5. The molecule has 0 unspecified atom stereocenters. The Morgan fingerprint density at radius 2 is 1.68 bits per heavy atom. The van der Waals surface area contributed by atoms with Gasteiger partial charge in [0.05, 0.1) is 13.2 Å². The highest BCUT2D eigenvalue weighted by Crippen LogP contribution is 2.46. The summed E-state index contributed by atoms with van der Waals surface area (Å²) < 4.78 is 16.7. The number of fused-ring (bicyclic) bond motifs is 1. The van der Waals surface area contributed by atoms with Crippen LogP contribution >= 0.6 is 0 Å². The van der Waals surface area contributed by atoms with Gasteiger partial charge in [-0.3, -0.25) is 4.79 Å². The van der Waals surface area contributed by atoms with Crippen molar-refractivity contribution in [2.75, 3.05) is 19.8 Å². The average Bonchev–Trinajstić information content (AvgIpc) is 3.39. The molecule has 31 heavy (non-hydrogen) atoms. The predicted octanol–water partition coefficient (Wildman–Crippen LogP) is 5.02. The van der Waals surface area contributed by atoms with E-state index in [9.17, 15) is 4.79 Å². The van der Waals surface area contributed by atoms with E-state index in [-0.39, 0.29) is 23.0 Å². The Kier molecular flexibility index (Phi) is 6.01. The van der Waals surface area contributed by atoms with Crippen LogP contribution in [0.4, 0.5) is 0 Å². The molecule has 1 saturated heterocycles. The van der Waals surface area contributed by atoms with Gasteiger partial charge >= 0.3 is 0 Å². The van der Waals surface area contributed by atoms with Crippen molar-refractivity contribution in [3.8, 4) is 0 Å². The zero-order chi connectivity index (χ0) is 22.2. The van der Waals surface area contributed by atoms with Gasteiger partial charge in [-0.05, 0) is 65.0 Å². The minimum Gasteiger partial charge on any atom is -0.456 e. The maximum absolute atomic E-state index is 12.4. The monoisotopic (exact) mass is 425 g/mol. The third-order valence-corrected chi connectivity index (χ3v) is 6.92. The summed E-state index contributed by atoms with van der Waals surface area (Å²) in [7, 11) is 0. The average molecular weight is 426 g/mol. The van der Waals surface area contributed by atoms with Gasteiger partial charge in [0.25, 0.3) is 5.91 Å². The number of aryl methyl sites for hydroxylation is 1. The summed E-state index contributed by atoms with van der Waals surface area (Å²) in [6.45, 7) is 13.3. The summed E-state index contributed by atoms with van der Waals surface area (Å²) in [5.41, 5.74) is 5.85. The highest BCUT2D eigenvalue weighted by molar-refractivity contribution is 5.91. The van der Waals surface area contributed by atoms with E-state index >= 15 is 0 Å². The maximum atomic E-state index is 12.4. The second kappa shape index (κ2) is 8.44. The standard InChI is InChI=1S/C26H35NO4/c1-17-14-20-21(26(4,5)10-9-25(20,2)3)16-18(17)15-19-6-7-22(31-19)24(28)27-11-8-23-29-12-13-30-23/h6-7,14,16,23H,8-13,15H2,1-5H3,(H,27,28). The molecule has 4 rings (SSSR count). The number of amides is 1. The summed E-state index contributed by atoms with van der Waals surface area (Å²) in [6.07, 6.45) is 3.51. The summed E-state index contributed by atoms with van der Waals surface area (Å²) >= 11 is 0. The molecule has 2 aromatic rings. The Balaban J connectivity index is 1.45. The first-order valence-electron chi connectivity index (χ1n) is 11.4. The van der Waals surface area contributed by atoms with Crippen LogP contribution in [0.25, 0.3) is 0 Å². The second-order valence-corrected chi connectivity index (χ2v) is 10.3. The van der Waals surface area contributed by atoms with E-state index in [1.54, 1.807) is 6.07 Å². The number of nitrogens with one attached hydrogen (secondary N) is 1. The summed E-state index contributed by atoms with van der Waals surface area (Å²) in [4.78, 5) is 12.4. The Morgan fingerprint density at radius 1 is 1.03 bits per heavy atom. The van der Waals surface area contributed by atoms with E-state index < -0.39 is 0 Å². The molecule has 1 fully saturated rings. The summed E-state index contributed by atoms with van der Waals surface area (Å²) in [5.74, 6) is 0.957. The van der Waals surface area contributed by atoms with Crippen molar-refractivity contribution >= 4 is 5.91 Å². The fraction of sp³-hybridized carbons (Fsp3) is 0.577. The van der Waals surface area contributed by atoms with Gasteiger partial charge in [0.1, 0.15) is 5.76 Å². The van der Waals surface area contributed by atoms with E-state index in [2.05, 4.69) is 52.1 Å². The third kappa shape index (κ3) is 4.73. The molecule has 0 spiro atoms. The number of carbonyl (C=O) groups excluding carboxylic acids is 1. The van der Waals surface area contributed by atoms with Crippen LogP contribution in [0.1, 0.15) is 85.5 Å². The van der Waals surface area contributed by atoms with Gasteiger partial charge in [-0.2, -0.15) is 0 Å². The topological polar surface area (TPSA) is 60.7 Å². The van der Waals surface area contributed by atoms with Crippen molar-refractivity contribution in [1.29, 1.82) is 0 Å². The van der Waals surface area contributed by atoms with Crippen molar-refractivity contribution in [1.82, 2.24) is 5.32 Å². The first-order valence-corrected chi connectivity index (χ1v) is 11.4. The van der Waals surface area contributed by atoms with Crippen LogP contribution in [-0.2, 0) is 26.7 Å². The predicted molar refractivity (Wildman–Crippen MR) is 121 cm³/mol. The smallest absolute Gasteiger partial charge is 0.286 e. The SMILES string of the molecule is Cc1cc2c(cc1Cc1ccc(C(=O)NCCC3OCCO3)o1)C(C)(C)CCC2(C)C. The van der Waals surface area contributed by atoms with Crippen molar-refractivity contribution in [2.24, 2.45) is 0 Å². The van der Waals surface area contributed by atoms with Crippen molar-refractivity contribution in [3.05, 3.63) is 58.0 Å². The highest BCUT2D eigenvalue weighted by atomic mass is 16.7. The lowest BCUT2D eigenvalue weighted by molar-refractivity contribution is -0.0456. The highest BCUT2D eigenvalue weighted by Gasteiger charge is 2.37. The van der Waals surface area contributed by atoms with Crippen LogP contribution < -0.4 is 5.32 Å². The Hall–Kier alpha value is -2.11. The lowest BCUT2D eigenvalue weighted by Crippen LogP contribution is -2.34. The van der Waals surface area contributed by atoms with Crippen LogP contribution in [0, 0.1) is 6.92 Å². The molecule has 1 N–H and O–H groups in total. The lowest BCUT2D eigenvalue weighted by Gasteiger charge is -2.42. The molecule has 5 heteroatoms. The molecule has 1 amide bonds. The molecule has 0 radical (unpaired) electrons. The molecule has 1 aromatic carbocycles. The molecule has 1 aromatic heterocycles. The number of hydrogen-bond donors (Lipinski definition) is 1. The molecular formula is C26H35NO4. The van der Waals surface area contributed by atoms with Gasteiger partial charge in [-0.25, -0.2) is 0 Å². The second-order valence-electron chi connectivity index (χ2n) is 10.3. The van der Waals surface area contributed by atoms with Gasteiger partial charge in [0.15, 0.2) is 12.1 Å². The van der Waals surface area contributed by atoms with Gasteiger partial charge in [-0.15, -0.1) is 0 Å². The fourth-order valence-electron chi connectivity index (χ4n) is 4.70.